The van der Waals surface area contributed by atoms with E-state index in [1.54, 1.807) is 7.11 Å². The van der Waals surface area contributed by atoms with E-state index in [-0.39, 0.29) is 11.9 Å². The lowest BCUT2D eigenvalue weighted by Crippen LogP contribution is -2.14. The SMILES string of the molecule is COC(C)CCC(=O)C1=CCCCO1. The fourth-order valence-corrected chi connectivity index (χ4v) is 1.33. The predicted octanol–water partition coefficient (Wildman–Crippen LogP) is 2.06. The minimum atomic E-state index is 0.105. The molecule has 0 amide bonds. The van der Waals surface area contributed by atoms with Crippen LogP contribution in [0.2, 0.25) is 0 Å². The molecule has 0 bridgehead atoms. The van der Waals surface area contributed by atoms with Crippen molar-refractivity contribution in [2.45, 2.75) is 38.7 Å². The number of carbonyl (C=O) groups excluding carboxylic acids is 1. The second kappa shape index (κ2) is 5.81. The van der Waals surface area contributed by atoms with Crippen LogP contribution < -0.4 is 0 Å². The third-order valence-electron chi connectivity index (χ3n) is 2.39. The standard InChI is InChI=1S/C11H18O3/c1-9(13-2)6-7-10(12)11-5-3-4-8-14-11/h5,9H,3-4,6-8H2,1-2H3. The van der Waals surface area contributed by atoms with Gasteiger partial charge in [0.15, 0.2) is 11.5 Å². The Balaban J connectivity index is 2.30. The van der Waals surface area contributed by atoms with Crippen molar-refractivity contribution in [2.75, 3.05) is 13.7 Å². The molecule has 14 heavy (non-hydrogen) atoms. The van der Waals surface area contributed by atoms with E-state index in [0.717, 1.165) is 19.3 Å². The fraction of sp³-hybridized carbons (Fsp3) is 0.727. The summed E-state index contributed by atoms with van der Waals surface area (Å²) >= 11 is 0. The molecule has 3 nitrogen and oxygen atoms in total. The first-order valence-electron chi connectivity index (χ1n) is 5.13. The molecule has 0 aromatic rings. The van der Waals surface area contributed by atoms with Gasteiger partial charge in [0, 0.05) is 13.5 Å². The van der Waals surface area contributed by atoms with Crippen LogP contribution in [-0.2, 0) is 14.3 Å². The summed E-state index contributed by atoms with van der Waals surface area (Å²) in [6, 6.07) is 0. The third-order valence-corrected chi connectivity index (χ3v) is 2.39. The fourth-order valence-electron chi connectivity index (χ4n) is 1.33. The van der Waals surface area contributed by atoms with Gasteiger partial charge in [-0.15, -0.1) is 0 Å². The molecule has 0 radical (unpaired) electrons. The Morgan fingerprint density at radius 1 is 1.71 bits per heavy atom. The van der Waals surface area contributed by atoms with Crippen LogP contribution in [0.3, 0.4) is 0 Å². The van der Waals surface area contributed by atoms with Gasteiger partial charge in [-0.25, -0.2) is 0 Å². The summed E-state index contributed by atoms with van der Waals surface area (Å²) in [5.41, 5.74) is 0. The van der Waals surface area contributed by atoms with Crippen LogP contribution >= 0.6 is 0 Å². The van der Waals surface area contributed by atoms with Crippen LogP contribution in [0.25, 0.3) is 0 Å². The van der Waals surface area contributed by atoms with Crippen molar-refractivity contribution >= 4 is 5.78 Å². The smallest absolute Gasteiger partial charge is 0.197 e. The highest BCUT2D eigenvalue weighted by molar-refractivity contribution is 5.93. The number of rotatable bonds is 5. The summed E-state index contributed by atoms with van der Waals surface area (Å²) in [5.74, 6) is 0.660. The predicted molar refractivity (Wildman–Crippen MR) is 54.0 cm³/mol. The molecule has 0 aromatic carbocycles. The largest absolute Gasteiger partial charge is 0.490 e. The molecule has 0 fully saturated rings. The van der Waals surface area contributed by atoms with Crippen molar-refractivity contribution in [3.05, 3.63) is 11.8 Å². The average molecular weight is 198 g/mol. The minimum absolute atomic E-state index is 0.105. The number of methoxy groups -OCH3 is 1. The van der Waals surface area contributed by atoms with Crippen molar-refractivity contribution < 1.29 is 14.3 Å². The Morgan fingerprint density at radius 2 is 2.50 bits per heavy atom. The van der Waals surface area contributed by atoms with Gasteiger partial charge in [-0.3, -0.25) is 4.79 Å². The topological polar surface area (TPSA) is 35.5 Å². The van der Waals surface area contributed by atoms with Gasteiger partial charge in [0.05, 0.1) is 12.7 Å². The zero-order valence-electron chi connectivity index (χ0n) is 8.91. The molecule has 0 aliphatic carbocycles. The van der Waals surface area contributed by atoms with Crippen LogP contribution in [0.1, 0.15) is 32.6 Å². The number of ether oxygens (including phenoxy) is 2. The summed E-state index contributed by atoms with van der Waals surface area (Å²) in [6.07, 6.45) is 5.29. The maximum atomic E-state index is 11.6. The molecule has 1 unspecified atom stereocenters. The van der Waals surface area contributed by atoms with E-state index in [1.807, 2.05) is 13.0 Å². The quantitative estimate of drug-likeness (QED) is 0.678. The van der Waals surface area contributed by atoms with Crippen molar-refractivity contribution in [3.63, 3.8) is 0 Å². The van der Waals surface area contributed by atoms with Crippen molar-refractivity contribution in [3.8, 4) is 0 Å². The molecule has 0 saturated heterocycles. The number of ketones is 1. The normalized spacial score (nSPS) is 18.3. The first-order valence-corrected chi connectivity index (χ1v) is 5.13. The van der Waals surface area contributed by atoms with Gasteiger partial charge >= 0.3 is 0 Å². The van der Waals surface area contributed by atoms with Crippen molar-refractivity contribution in [1.29, 1.82) is 0 Å². The van der Waals surface area contributed by atoms with Gasteiger partial charge in [0.25, 0.3) is 0 Å². The monoisotopic (exact) mass is 198 g/mol. The lowest BCUT2D eigenvalue weighted by Gasteiger charge is -2.14. The van der Waals surface area contributed by atoms with E-state index < -0.39 is 0 Å². The summed E-state index contributed by atoms with van der Waals surface area (Å²) in [7, 11) is 1.66. The van der Waals surface area contributed by atoms with E-state index in [4.69, 9.17) is 9.47 Å². The number of Topliss-reactive ketones (excluding diaryl/α,β-unsaturated/α-hetero) is 1. The first kappa shape index (κ1) is 11.2. The lowest BCUT2D eigenvalue weighted by molar-refractivity contribution is -0.119. The van der Waals surface area contributed by atoms with E-state index in [9.17, 15) is 4.79 Å². The molecular weight excluding hydrogens is 180 g/mol. The molecule has 1 aliphatic heterocycles. The third kappa shape index (κ3) is 3.50. The summed E-state index contributed by atoms with van der Waals surface area (Å²) in [4.78, 5) is 11.6. The summed E-state index contributed by atoms with van der Waals surface area (Å²) in [5, 5.41) is 0. The number of carbonyl (C=O) groups is 1. The highest BCUT2D eigenvalue weighted by atomic mass is 16.5. The molecule has 0 N–H and O–H groups in total. The van der Waals surface area contributed by atoms with E-state index in [0.29, 0.717) is 18.8 Å². The molecule has 80 valence electrons. The van der Waals surface area contributed by atoms with Crippen molar-refractivity contribution in [2.24, 2.45) is 0 Å². The first-order chi connectivity index (χ1) is 6.74. The second-order valence-corrected chi connectivity index (χ2v) is 3.57. The van der Waals surface area contributed by atoms with Crippen LogP contribution in [-0.4, -0.2) is 25.6 Å². The molecule has 1 aliphatic rings. The molecule has 1 atom stereocenters. The second-order valence-electron chi connectivity index (χ2n) is 3.57. The number of hydrogen-bond acceptors (Lipinski definition) is 3. The Labute approximate surface area is 85.1 Å². The minimum Gasteiger partial charge on any atom is -0.490 e. The maximum absolute atomic E-state index is 11.6. The van der Waals surface area contributed by atoms with E-state index in [1.165, 1.54) is 0 Å². The van der Waals surface area contributed by atoms with Crippen LogP contribution in [0.15, 0.2) is 11.8 Å². The van der Waals surface area contributed by atoms with Crippen LogP contribution in [0.5, 0.6) is 0 Å². The van der Waals surface area contributed by atoms with Gasteiger partial charge < -0.3 is 9.47 Å². The zero-order chi connectivity index (χ0) is 10.4. The molecular formula is C11H18O3. The Hall–Kier alpha value is -0.830. The molecule has 0 aromatic heterocycles. The van der Waals surface area contributed by atoms with Gasteiger partial charge in [-0.1, -0.05) is 0 Å². The van der Waals surface area contributed by atoms with Gasteiger partial charge in [-0.05, 0) is 32.3 Å². The maximum Gasteiger partial charge on any atom is 0.197 e. The molecule has 0 saturated carbocycles. The summed E-state index contributed by atoms with van der Waals surface area (Å²) in [6.45, 7) is 2.64. The van der Waals surface area contributed by atoms with Crippen LogP contribution in [0.4, 0.5) is 0 Å². The molecule has 1 rings (SSSR count). The zero-order valence-corrected chi connectivity index (χ0v) is 8.91. The highest BCUT2D eigenvalue weighted by Crippen LogP contribution is 2.14. The van der Waals surface area contributed by atoms with Gasteiger partial charge in [0.2, 0.25) is 0 Å². The summed E-state index contributed by atoms with van der Waals surface area (Å²) < 4.78 is 10.4. The highest BCUT2D eigenvalue weighted by Gasteiger charge is 2.14. The van der Waals surface area contributed by atoms with Crippen LogP contribution in [0, 0.1) is 0 Å². The van der Waals surface area contributed by atoms with E-state index in [2.05, 4.69) is 0 Å². The molecule has 1 heterocycles. The van der Waals surface area contributed by atoms with Gasteiger partial charge in [0.1, 0.15) is 0 Å². The Morgan fingerprint density at radius 3 is 3.07 bits per heavy atom. The Kier molecular flexibility index (Phi) is 4.66. The lowest BCUT2D eigenvalue weighted by atomic mass is 10.1. The average Bonchev–Trinajstić information content (AvgIpc) is 2.26. The molecule has 3 heteroatoms. The molecule has 0 spiro atoms. The number of hydrogen-bond donors (Lipinski definition) is 0. The van der Waals surface area contributed by atoms with Crippen molar-refractivity contribution in [1.82, 2.24) is 0 Å². The Bertz CT molecular complexity index is 221. The van der Waals surface area contributed by atoms with Gasteiger partial charge in [-0.2, -0.15) is 0 Å². The number of allylic oxidation sites excluding steroid dienone is 2. The van der Waals surface area contributed by atoms with E-state index >= 15 is 0 Å².